The zero-order chi connectivity index (χ0) is 17.1. The number of aromatic nitrogens is 2. The van der Waals surface area contributed by atoms with Crippen molar-refractivity contribution in [2.45, 2.75) is 45.6 Å². The summed E-state index contributed by atoms with van der Waals surface area (Å²) in [5.74, 6) is 0.254. The molecule has 0 spiro atoms. The highest BCUT2D eigenvalue weighted by Gasteiger charge is 2.19. The van der Waals surface area contributed by atoms with Crippen LogP contribution in [0, 0.1) is 13.8 Å². The predicted octanol–water partition coefficient (Wildman–Crippen LogP) is 4.16. The maximum absolute atomic E-state index is 12.4. The number of nitrogens with one attached hydrogen (secondary N) is 2. The first-order chi connectivity index (χ1) is 11.5. The van der Waals surface area contributed by atoms with E-state index < -0.39 is 0 Å². The first kappa shape index (κ1) is 16.7. The van der Waals surface area contributed by atoms with Gasteiger partial charge < -0.3 is 10.6 Å². The first-order valence-electron chi connectivity index (χ1n) is 8.21. The fraction of sp³-hybridized carbons (Fsp3) is 0.389. The lowest BCUT2D eigenvalue weighted by atomic mass is 10.2. The fourth-order valence-electron chi connectivity index (χ4n) is 2.87. The standard InChI is InChI=1S/C18H21ClN4O/c1-11-7-8-14(10-15(11)19)22-18-20-12(2)9-16(23-18)17(24)21-13-5-3-4-6-13/h7-10,13H,3-6H2,1-2H3,(H,21,24)(H,20,22,23). The molecule has 1 heterocycles. The number of carbonyl (C=O) groups is 1. The Balaban J connectivity index is 1.77. The Morgan fingerprint density at radius 3 is 2.62 bits per heavy atom. The molecule has 1 fully saturated rings. The summed E-state index contributed by atoms with van der Waals surface area (Å²) in [7, 11) is 0. The molecule has 0 unspecified atom stereocenters. The summed E-state index contributed by atoms with van der Waals surface area (Å²) in [5, 5.41) is 6.84. The fourth-order valence-corrected chi connectivity index (χ4v) is 3.05. The van der Waals surface area contributed by atoms with Crippen LogP contribution >= 0.6 is 11.6 Å². The number of amides is 1. The van der Waals surface area contributed by atoms with Crippen molar-refractivity contribution in [2.75, 3.05) is 5.32 Å². The molecular formula is C18H21ClN4O. The van der Waals surface area contributed by atoms with Crippen molar-refractivity contribution in [1.82, 2.24) is 15.3 Å². The lowest BCUT2D eigenvalue weighted by molar-refractivity contribution is 0.0932. The highest BCUT2D eigenvalue weighted by atomic mass is 35.5. The Morgan fingerprint density at radius 1 is 1.17 bits per heavy atom. The van der Waals surface area contributed by atoms with Gasteiger partial charge in [0.15, 0.2) is 0 Å². The number of carbonyl (C=O) groups excluding carboxylic acids is 1. The van der Waals surface area contributed by atoms with E-state index in [4.69, 9.17) is 11.6 Å². The van der Waals surface area contributed by atoms with Gasteiger partial charge in [0.25, 0.3) is 5.91 Å². The molecule has 0 atom stereocenters. The van der Waals surface area contributed by atoms with Gasteiger partial charge in [-0.1, -0.05) is 30.5 Å². The number of rotatable bonds is 4. The van der Waals surface area contributed by atoms with Crippen LogP contribution in [0.1, 0.15) is 47.4 Å². The van der Waals surface area contributed by atoms with Crippen molar-refractivity contribution in [3.63, 3.8) is 0 Å². The summed E-state index contributed by atoms with van der Waals surface area (Å²) in [4.78, 5) is 21.1. The molecule has 1 aromatic carbocycles. The molecule has 3 rings (SSSR count). The minimum atomic E-state index is -0.141. The van der Waals surface area contributed by atoms with E-state index in [0.29, 0.717) is 16.7 Å². The van der Waals surface area contributed by atoms with Crippen molar-refractivity contribution in [1.29, 1.82) is 0 Å². The second-order valence-electron chi connectivity index (χ2n) is 6.26. The Hall–Kier alpha value is -2.14. The second kappa shape index (κ2) is 7.18. The van der Waals surface area contributed by atoms with Gasteiger partial charge in [0, 0.05) is 22.4 Å². The summed E-state index contributed by atoms with van der Waals surface area (Å²) in [6, 6.07) is 7.62. The van der Waals surface area contributed by atoms with Gasteiger partial charge in [-0.25, -0.2) is 9.97 Å². The van der Waals surface area contributed by atoms with E-state index in [1.807, 2.05) is 32.0 Å². The summed E-state index contributed by atoms with van der Waals surface area (Å²) in [6.07, 6.45) is 4.44. The van der Waals surface area contributed by atoms with Crippen LogP contribution in [0.15, 0.2) is 24.3 Å². The van der Waals surface area contributed by atoms with Crippen LogP contribution in [0.5, 0.6) is 0 Å². The SMILES string of the molecule is Cc1cc(C(=O)NC2CCCC2)nc(Nc2ccc(C)c(Cl)c2)n1. The summed E-state index contributed by atoms with van der Waals surface area (Å²) >= 11 is 6.14. The van der Waals surface area contributed by atoms with Gasteiger partial charge in [0.05, 0.1) is 0 Å². The summed E-state index contributed by atoms with van der Waals surface area (Å²) in [6.45, 7) is 3.79. The van der Waals surface area contributed by atoms with E-state index in [2.05, 4.69) is 20.6 Å². The minimum Gasteiger partial charge on any atom is -0.348 e. The molecule has 2 aromatic rings. The zero-order valence-corrected chi connectivity index (χ0v) is 14.7. The Labute approximate surface area is 146 Å². The second-order valence-corrected chi connectivity index (χ2v) is 6.67. The van der Waals surface area contributed by atoms with Crippen molar-refractivity contribution < 1.29 is 4.79 Å². The third kappa shape index (κ3) is 4.03. The third-order valence-corrected chi connectivity index (χ3v) is 4.61. The van der Waals surface area contributed by atoms with Gasteiger partial charge in [0.1, 0.15) is 5.69 Å². The molecule has 1 aromatic heterocycles. The number of aryl methyl sites for hydroxylation is 2. The van der Waals surface area contributed by atoms with Crippen LogP contribution in [0.3, 0.4) is 0 Å². The summed E-state index contributed by atoms with van der Waals surface area (Å²) in [5.41, 5.74) is 2.92. The molecule has 0 saturated heterocycles. The maximum atomic E-state index is 12.4. The van der Waals surface area contributed by atoms with Gasteiger partial charge in [-0.15, -0.1) is 0 Å². The average molecular weight is 345 g/mol. The topological polar surface area (TPSA) is 66.9 Å². The predicted molar refractivity (Wildman–Crippen MR) is 96.0 cm³/mol. The zero-order valence-electron chi connectivity index (χ0n) is 13.9. The number of anilines is 2. The van der Waals surface area contributed by atoms with E-state index in [1.54, 1.807) is 6.07 Å². The maximum Gasteiger partial charge on any atom is 0.270 e. The van der Waals surface area contributed by atoms with Gasteiger partial charge in [-0.05, 0) is 50.5 Å². The van der Waals surface area contributed by atoms with E-state index >= 15 is 0 Å². The van der Waals surface area contributed by atoms with Crippen molar-refractivity contribution in [3.8, 4) is 0 Å². The van der Waals surface area contributed by atoms with Gasteiger partial charge >= 0.3 is 0 Å². The highest BCUT2D eigenvalue weighted by Crippen LogP contribution is 2.22. The lowest BCUT2D eigenvalue weighted by Gasteiger charge is -2.13. The van der Waals surface area contributed by atoms with Gasteiger partial charge in [0.2, 0.25) is 5.95 Å². The van der Waals surface area contributed by atoms with Crippen LogP contribution in [-0.2, 0) is 0 Å². The highest BCUT2D eigenvalue weighted by molar-refractivity contribution is 6.31. The largest absolute Gasteiger partial charge is 0.348 e. The van der Waals surface area contributed by atoms with Crippen molar-refractivity contribution in [3.05, 3.63) is 46.2 Å². The van der Waals surface area contributed by atoms with Crippen molar-refractivity contribution >= 4 is 29.1 Å². The molecular weight excluding hydrogens is 324 g/mol. The molecule has 1 saturated carbocycles. The number of hydrogen-bond donors (Lipinski definition) is 2. The molecule has 1 amide bonds. The molecule has 2 N–H and O–H groups in total. The lowest BCUT2D eigenvalue weighted by Crippen LogP contribution is -2.33. The van der Waals surface area contributed by atoms with Gasteiger partial charge in [-0.3, -0.25) is 4.79 Å². The van der Waals surface area contributed by atoms with Gasteiger partial charge in [-0.2, -0.15) is 0 Å². The van der Waals surface area contributed by atoms with E-state index in [1.165, 1.54) is 12.8 Å². The minimum absolute atomic E-state index is 0.141. The normalized spacial score (nSPS) is 14.6. The number of halogens is 1. The third-order valence-electron chi connectivity index (χ3n) is 4.21. The molecule has 1 aliphatic carbocycles. The van der Waals surface area contributed by atoms with Crippen LogP contribution in [0.25, 0.3) is 0 Å². The molecule has 24 heavy (non-hydrogen) atoms. The number of hydrogen-bond acceptors (Lipinski definition) is 4. The quantitative estimate of drug-likeness (QED) is 0.873. The number of benzene rings is 1. The van der Waals surface area contributed by atoms with E-state index in [0.717, 1.165) is 29.8 Å². The number of nitrogens with zero attached hydrogens (tertiary/aromatic N) is 2. The Morgan fingerprint density at radius 2 is 1.92 bits per heavy atom. The van der Waals surface area contributed by atoms with E-state index in [9.17, 15) is 4.79 Å². The van der Waals surface area contributed by atoms with E-state index in [-0.39, 0.29) is 11.9 Å². The Bertz CT molecular complexity index is 757. The average Bonchev–Trinajstić information content (AvgIpc) is 3.03. The molecule has 0 radical (unpaired) electrons. The van der Waals surface area contributed by atoms with Crippen LogP contribution in [-0.4, -0.2) is 21.9 Å². The monoisotopic (exact) mass is 344 g/mol. The molecule has 0 aliphatic heterocycles. The van der Waals surface area contributed by atoms with Crippen LogP contribution in [0.4, 0.5) is 11.6 Å². The Kier molecular flexibility index (Phi) is 5.00. The first-order valence-corrected chi connectivity index (χ1v) is 8.59. The smallest absolute Gasteiger partial charge is 0.270 e. The summed E-state index contributed by atoms with van der Waals surface area (Å²) < 4.78 is 0. The molecule has 126 valence electrons. The molecule has 1 aliphatic rings. The van der Waals surface area contributed by atoms with Crippen LogP contribution < -0.4 is 10.6 Å². The molecule has 0 bridgehead atoms. The van der Waals surface area contributed by atoms with Crippen LogP contribution in [0.2, 0.25) is 5.02 Å². The molecule has 6 heteroatoms. The van der Waals surface area contributed by atoms with Crippen molar-refractivity contribution in [2.24, 2.45) is 0 Å². The molecule has 5 nitrogen and oxygen atoms in total.